The number of halogens is 1. The molecule has 2 amide bonds. The summed E-state index contributed by atoms with van der Waals surface area (Å²) >= 11 is 3.42. The van der Waals surface area contributed by atoms with Crippen LogP contribution in [0.25, 0.3) is 0 Å². The van der Waals surface area contributed by atoms with Gasteiger partial charge in [-0.3, -0.25) is 9.59 Å². The number of hydrogen-bond donors (Lipinski definition) is 1. The number of nitrogens with one attached hydrogen (secondary N) is 1. The second kappa shape index (κ2) is 9.53. The summed E-state index contributed by atoms with van der Waals surface area (Å²) in [6.45, 7) is 6.61. The number of likely N-dealkylation sites (N-methyl/N-ethyl adjacent to an activating group) is 1. The zero-order valence-corrected chi connectivity index (χ0v) is 17.0. The summed E-state index contributed by atoms with van der Waals surface area (Å²) in [5, 5.41) is 2.81. The van der Waals surface area contributed by atoms with Crippen LogP contribution in [0.3, 0.4) is 0 Å². The van der Waals surface area contributed by atoms with Crippen molar-refractivity contribution in [3.63, 3.8) is 0 Å². The summed E-state index contributed by atoms with van der Waals surface area (Å²) in [6.07, 6.45) is 0.278. The minimum Gasteiger partial charge on any atom is -0.355 e. The Hall–Kier alpha value is -2.14. The van der Waals surface area contributed by atoms with E-state index in [9.17, 15) is 9.59 Å². The van der Waals surface area contributed by atoms with Crippen LogP contribution in [0, 0.1) is 6.92 Å². The molecule has 1 unspecified atom stereocenters. The summed E-state index contributed by atoms with van der Waals surface area (Å²) in [5.41, 5.74) is 3.09. The van der Waals surface area contributed by atoms with Gasteiger partial charge >= 0.3 is 0 Å². The van der Waals surface area contributed by atoms with Crippen LogP contribution in [0.5, 0.6) is 0 Å². The van der Waals surface area contributed by atoms with Crippen LogP contribution in [0.2, 0.25) is 0 Å². The molecule has 0 aromatic heterocycles. The normalized spacial score (nSPS) is 11.7. The molecule has 0 aliphatic heterocycles. The van der Waals surface area contributed by atoms with Gasteiger partial charge in [-0.2, -0.15) is 0 Å². The molecule has 26 heavy (non-hydrogen) atoms. The van der Waals surface area contributed by atoms with E-state index in [0.29, 0.717) is 13.1 Å². The second-order valence-electron chi connectivity index (χ2n) is 6.38. The Labute approximate surface area is 163 Å². The molecule has 5 heteroatoms. The van der Waals surface area contributed by atoms with Crippen LogP contribution in [0.4, 0.5) is 0 Å². The largest absolute Gasteiger partial charge is 0.355 e. The monoisotopic (exact) mass is 416 g/mol. The van der Waals surface area contributed by atoms with Crippen molar-refractivity contribution in [3.05, 3.63) is 69.7 Å². The van der Waals surface area contributed by atoms with Gasteiger partial charge in [0.15, 0.2) is 0 Å². The van der Waals surface area contributed by atoms with Gasteiger partial charge in [0.05, 0.1) is 6.42 Å². The maximum Gasteiger partial charge on any atom is 0.242 e. The lowest BCUT2D eigenvalue weighted by molar-refractivity contribution is -0.140. The van der Waals surface area contributed by atoms with Gasteiger partial charge in [0.2, 0.25) is 11.8 Å². The third kappa shape index (κ3) is 5.70. The molecule has 4 nitrogen and oxygen atoms in total. The molecule has 1 N–H and O–H groups in total. The fourth-order valence-electron chi connectivity index (χ4n) is 2.67. The van der Waals surface area contributed by atoms with Gasteiger partial charge in [0.25, 0.3) is 0 Å². The predicted octanol–water partition coefficient (Wildman–Crippen LogP) is 3.85. The highest BCUT2D eigenvalue weighted by Crippen LogP contribution is 2.16. The average molecular weight is 417 g/mol. The van der Waals surface area contributed by atoms with Gasteiger partial charge in [-0.25, -0.2) is 0 Å². The third-order valence-electron chi connectivity index (χ3n) is 4.26. The van der Waals surface area contributed by atoms with Crippen molar-refractivity contribution in [3.8, 4) is 0 Å². The smallest absolute Gasteiger partial charge is 0.242 e. The number of carbonyl (C=O) groups excluding carboxylic acids is 2. The molecule has 0 heterocycles. The van der Waals surface area contributed by atoms with E-state index in [-0.39, 0.29) is 18.2 Å². The molecule has 0 saturated heterocycles. The zero-order valence-electron chi connectivity index (χ0n) is 15.5. The van der Waals surface area contributed by atoms with Crippen molar-refractivity contribution in [2.24, 2.45) is 0 Å². The molecule has 0 aliphatic rings. The van der Waals surface area contributed by atoms with E-state index in [4.69, 9.17) is 0 Å². The average Bonchev–Trinajstić information content (AvgIpc) is 2.62. The van der Waals surface area contributed by atoms with Gasteiger partial charge in [0, 0.05) is 17.6 Å². The van der Waals surface area contributed by atoms with Crippen LogP contribution in [0.1, 0.15) is 30.5 Å². The quantitative estimate of drug-likeness (QED) is 0.744. The minimum absolute atomic E-state index is 0.0597. The summed E-state index contributed by atoms with van der Waals surface area (Å²) < 4.78 is 0.982. The topological polar surface area (TPSA) is 49.4 Å². The first-order valence-electron chi connectivity index (χ1n) is 8.78. The Balaban J connectivity index is 2.20. The number of amides is 2. The van der Waals surface area contributed by atoms with Crippen molar-refractivity contribution in [1.29, 1.82) is 0 Å². The van der Waals surface area contributed by atoms with Crippen LogP contribution in [0.15, 0.2) is 53.0 Å². The Morgan fingerprint density at radius 2 is 1.62 bits per heavy atom. The molecule has 138 valence electrons. The molecule has 2 rings (SSSR count). The van der Waals surface area contributed by atoms with Gasteiger partial charge in [-0.05, 0) is 44.0 Å². The zero-order chi connectivity index (χ0) is 19.1. The Kier molecular flexibility index (Phi) is 7.39. The molecule has 0 saturated carbocycles. The summed E-state index contributed by atoms with van der Waals surface area (Å²) in [6, 6.07) is 15.2. The van der Waals surface area contributed by atoms with Crippen molar-refractivity contribution in [1.82, 2.24) is 10.2 Å². The maximum atomic E-state index is 13.0. The summed E-state index contributed by atoms with van der Waals surface area (Å²) in [7, 11) is 0. The number of rotatable bonds is 7. The molecule has 1 atom stereocenters. The van der Waals surface area contributed by atoms with Gasteiger partial charge < -0.3 is 10.2 Å². The second-order valence-corrected chi connectivity index (χ2v) is 7.30. The van der Waals surface area contributed by atoms with Crippen LogP contribution in [-0.2, 0) is 22.6 Å². The lowest BCUT2D eigenvalue weighted by Crippen LogP contribution is -2.48. The highest BCUT2D eigenvalue weighted by Gasteiger charge is 2.25. The summed E-state index contributed by atoms with van der Waals surface area (Å²) in [4.78, 5) is 26.9. The van der Waals surface area contributed by atoms with Crippen LogP contribution in [-0.4, -0.2) is 29.3 Å². The van der Waals surface area contributed by atoms with E-state index in [1.54, 1.807) is 11.8 Å². The van der Waals surface area contributed by atoms with Crippen LogP contribution < -0.4 is 5.32 Å². The SMILES string of the molecule is CCNC(=O)C(C)N(Cc1ccc(Br)cc1)C(=O)Cc1ccc(C)cc1. The molecule has 0 radical (unpaired) electrons. The number of aryl methyl sites for hydroxylation is 1. The Morgan fingerprint density at radius 3 is 2.19 bits per heavy atom. The number of hydrogen-bond acceptors (Lipinski definition) is 2. The van der Waals surface area contributed by atoms with E-state index in [1.807, 2.05) is 62.4 Å². The Morgan fingerprint density at radius 1 is 1.04 bits per heavy atom. The molecule has 0 bridgehead atoms. The number of carbonyl (C=O) groups is 2. The van der Waals surface area contributed by atoms with Gasteiger partial charge in [-0.15, -0.1) is 0 Å². The highest BCUT2D eigenvalue weighted by atomic mass is 79.9. The molecular formula is C21H25BrN2O2. The van der Waals surface area contributed by atoms with Crippen molar-refractivity contribution < 1.29 is 9.59 Å². The van der Waals surface area contributed by atoms with Crippen molar-refractivity contribution >= 4 is 27.7 Å². The van der Waals surface area contributed by atoms with Crippen molar-refractivity contribution in [2.75, 3.05) is 6.54 Å². The fraction of sp³-hybridized carbons (Fsp3) is 0.333. The van der Waals surface area contributed by atoms with Gasteiger partial charge in [0.1, 0.15) is 6.04 Å². The van der Waals surface area contributed by atoms with E-state index in [0.717, 1.165) is 21.2 Å². The van der Waals surface area contributed by atoms with Gasteiger partial charge in [-0.1, -0.05) is 57.9 Å². The lowest BCUT2D eigenvalue weighted by atomic mass is 10.1. The van der Waals surface area contributed by atoms with E-state index in [2.05, 4.69) is 21.2 Å². The third-order valence-corrected chi connectivity index (χ3v) is 4.79. The molecule has 2 aromatic rings. The van der Waals surface area contributed by atoms with E-state index in [1.165, 1.54) is 0 Å². The highest BCUT2D eigenvalue weighted by molar-refractivity contribution is 9.10. The van der Waals surface area contributed by atoms with E-state index < -0.39 is 6.04 Å². The number of benzene rings is 2. The van der Waals surface area contributed by atoms with Crippen molar-refractivity contribution in [2.45, 2.75) is 39.8 Å². The first kappa shape index (κ1) is 20.2. The van der Waals surface area contributed by atoms with E-state index >= 15 is 0 Å². The fourth-order valence-corrected chi connectivity index (χ4v) is 2.94. The Bertz CT molecular complexity index is 742. The lowest BCUT2D eigenvalue weighted by Gasteiger charge is -2.29. The minimum atomic E-state index is -0.531. The maximum absolute atomic E-state index is 13.0. The first-order valence-corrected chi connectivity index (χ1v) is 9.57. The molecular weight excluding hydrogens is 392 g/mol. The van der Waals surface area contributed by atoms with Crippen LogP contribution >= 0.6 is 15.9 Å². The molecule has 0 spiro atoms. The molecule has 2 aromatic carbocycles. The predicted molar refractivity (Wildman–Crippen MR) is 108 cm³/mol. The number of nitrogens with zero attached hydrogens (tertiary/aromatic N) is 1. The standard InChI is InChI=1S/C21H25BrN2O2/c1-4-23-21(26)16(3)24(14-18-9-11-19(22)12-10-18)20(25)13-17-7-5-15(2)6-8-17/h5-12,16H,4,13-14H2,1-3H3,(H,23,26). The molecule has 0 aliphatic carbocycles. The molecule has 0 fully saturated rings. The first-order chi connectivity index (χ1) is 12.4. The summed E-state index contributed by atoms with van der Waals surface area (Å²) in [5.74, 6) is -0.197.